The van der Waals surface area contributed by atoms with Gasteiger partial charge in [-0.3, -0.25) is 4.99 Å². The van der Waals surface area contributed by atoms with Gasteiger partial charge in [-0.1, -0.05) is 0 Å². The zero-order valence-corrected chi connectivity index (χ0v) is 8.45. The Bertz CT molecular complexity index is 214. The van der Waals surface area contributed by atoms with E-state index in [1.54, 1.807) is 0 Å². The molecule has 4 nitrogen and oxygen atoms in total. The van der Waals surface area contributed by atoms with Crippen LogP contribution in [0.15, 0.2) is 4.99 Å². The van der Waals surface area contributed by atoms with Gasteiger partial charge in [0, 0.05) is 33.2 Å². The Morgan fingerprint density at radius 3 is 2.85 bits per heavy atom. The first kappa shape index (κ1) is 8.97. The zero-order chi connectivity index (χ0) is 9.26. The minimum absolute atomic E-state index is 0.450. The molecule has 4 heteroatoms. The van der Waals surface area contributed by atoms with E-state index < -0.39 is 0 Å². The maximum absolute atomic E-state index is 4.53. The standard InChI is InChI=1S/C9H18N4/c1-12-5-3-10-8(7-12)9-11-4-6-13(9)2/h8,10H,3-7H2,1-2H3. The zero-order valence-electron chi connectivity index (χ0n) is 8.45. The quantitative estimate of drug-likeness (QED) is 0.578. The molecule has 2 aliphatic heterocycles. The van der Waals surface area contributed by atoms with Crippen molar-refractivity contribution >= 4 is 5.84 Å². The molecule has 0 aromatic rings. The number of piperazine rings is 1. The van der Waals surface area contributed by atoms with Crippen LogP contribution in [0.3, 0.4) is 0 Å². The van der Waals surface area contributed by atoms with Crippen molar-refractivity contribution in [3.63, 3.8) is 0 Å². The Kier molecular flexibility index (Phi) is 2.51. The third-order valence-electron chi connectivity index (χ3n) is 2.79. The Balaban J connectivity index is 1.99. The fraction of sp³-hybridized carbons (Fsp3) is 0.889. The third kappa shape index (κ3) is 1.84. The summed E-state index contributed by atoms with van der Waals surface area (Å²) >= 11 is 0. The van der Waals surface area contributed by atoms with Gasteiger partial charge in [-0.05, 0) is 7.05 Å². The molecule has 1 N–H and O–H groups in total. The number of likely N-dealkylation sites (N-methyl/N-ethyl adjacent to an activating group) is 2. The molecule has 1 fully saturated rings. The molecule has 0 aromatic heterocycles. The molecule has 2 rings (SSSR count). The van der Waals surface area contributed by atoms with Crippen LogP contribution in [0.1, 0.15) is 0 Å². The number of nitrogens with zero attached hydrogens (tertiary/aromatic N) is 3. The number of hydrogen-bond donors (Lipinski definition) is 1. The normalized spacial score (nSPS) is 30.8. The van der Waals surface area contributed by atoms with Crippen LogP contribution in [0.5, 0.6) is 0 Å². The van der Waals surface area contributed by atoms with Gasteiger partial charge in [0.15, 0.2) is 0 Å². The Labute approximate surface area is 79.6 Å². The lowest BCUT2D eigenvalue weighted by atomic mass is 10.2. The highest BCUT2D eigenvalue weighted by atomic mass is 15.3. The average Bonchev–Trinajstić information content (AvgIpc) is 2.51. The van der Waals surface area contributed by atoms with Crippen molar-refractivity contribution in [2.24, 2.45) is 4.99 Å². The lowest BCUT2D eigenvalue weighted by Gasteiger charge is -2.33. The largest absolute Gasteiger partial charge is 0.360 e. The van der Waals surface area contributed by atoms with Crippen LogP contribution in [0.4, 0.5) is 0 Å². The van der Waals surface area contributed by atoms with Crippen LogP contribution in [0.25, 0.3) is 0 Å². The minimum atomic E-state index is 0.450. The maximum atomic E-state index is 4.53. The average molecular weight is 182 g/mol. The van der Waals surface area contributed by atoms with Crippen molar-refractivity contribution in [1.82, 2.24) is 15.1 Å². The predicted molar refractivity (Wildman–Crippen MR) is 54.2 cm³/mol. The summed E-state index contributed by atoms with van der Waals surface area (Å²) in [6.07, 6.45) is 0. The van der Waals surface area contributed by atoms with E-state index in [1.165, 1.54) is 5.84 Å². The molecule has 0 spiro atoms. The highest BCUT2D eigenvalue weighted by molar-refractivity contribution is 5.89. The van der Waals surface area contributed by atoms with Crippen LogP contribution < -0.4 is 5.32 Å². The third-order valence-corrected chi connectivity index (χ3v) is 2.79. The summed E-state index contributed by atoms with van der Waals surface area (Å²) in [7, 11) is 4.30. The lowest BCUT2D eigenvalue weighted by molar-refractivity contribution is 0.262. The van der Waals surface area contributed by atoms with Crippen LogP contribution in [-0.4, -0.2) is 68.5 Å². The number of amidine groups is 1. The highest BCUT2D eigenvalue weighted by Gasteiger charge is 2.25. The molecule has 0 aromatic carbocycles. The summed E-state index contributed by atoms with van der Waals surface area (Å²) in [5.74, 6) is 1.24. The van der Waals surface area contributed by atoms with E-state index in [-0.39, 0.29) is 0 Å². The van der Waals surface area contributed by atoms with Gasteiger partial charge in [0.2, 0.25) is 0 Å². The summed E-state index contributed by atoms with van der Waals surface area (Å²) < 4.78 is 0. The fourth-order valence-electron chi connectivity index (χ4n) is 2.00. The first-order valence-corrected chi connectivity index (χ1v) is 4.95. The minimum Gasteiger partial charge on any atom is -0.360 e. The van der Waals surface area contributed by atoms with Gasteiger partial charge in [-0.25, -0.2) is 0 Å². The topological polar surface area (TPSA) is 30.9 Å². The van der Waals surface area contributed by atoms with Gasteiger partial charge in [-0.15, -0.1) is 0 Å². The molecule has 1 saturated heterocycles. The van der Waals surface area contributed by atoms with E-state index in [2.05, 4.69) is 34.2 Å². The van der Waals surface area contributed by atoms with Gasteiger partial charge in [0.05, 0.1) is 12.6 Å². The second-order valence-electron chi connectivity index (χ2n) is 3.93. The molecule has 0 saturated carbocycles. The second-order valence-corrected chi connectivity index (χ2v) is 3.93. The van der Waals surface area contributed by atoms with E-state index in [0.717, 1.165) is 32.7 Å². The first-order chi connectivity index (χ1) is 6.27. The van der Waals surface area contributed by atoms with Crippen molar-refractivity contribution in [2.45, 2.75) is 6.04 Å². The molecule has 0 amide bonds. The first-order valence-electron chi connectivity index (χ1n) is 4.95. The molecule has 0 aliphatic carbocycles. The molecule has 1 unspecified atom stereocenters. The molecular weight excluding hydrogens is 164 g/mol. The Morgan fingerprint density at radius 1 is 1.38 bits per heavy atom. The second kappa shape index (κ2) is 3.64. The fourth-order valence-corrected chi connectivity index (χ4v) is 2.00. The van der Waals surface area contributed by atoms with Crippen molar-refractivity contribution in [2.75, 3.05) is 46.8 Å². The van der Waals surface area contributed by atoms with E-state index in [4.69, 9.17) is 0 Å². The number of hydrogen-bond acceptors (Lipinski definition) is 4. The SMILES string of the molecule is CN1CCNC(C2=NCCN2C)C1. The van der Waals surface area contributed by atoms with E-state index in [1.807, 2.05) is 0 Å². The smallest absolute Gasteiger partial charge is 0.117 e. The Morgan fingerprint density at radius 2 is 2.23 bits per heavy atom. The van der Waals surface area contributed by atoms with Gasteiger partial charge in [0.1, 0.15) is 5.84 Å². The summed E-state index contributed by atoms with van der Waals surface area (Å²) in [4.78, 5) is 9.15. The molecule has 2 aliphatic rings. The van der Waals surface area contributed by atoms with Gasteiger partial charge in [0.25, 0.3) is 0 Å². The van der Waals surface area contributed by atoms with E-state index in [0.29, 0.717) is 6.04 Å². The number of rotatable bonds is 1. The van der Waals surface area contributed by atoms with Crippen LogP contribution in [-0.2, 0) is 0 Å². The molecule has 0 radical (unpaired) electrons. The molecule has 13 heavy (non-hydrogen) atoms. The summed E-state index contributed by atoms with van der Waals surface area (Å²) in [5.41, 5.74) is 0. The van der Waals surface area contributed by atoms with Crippen molar-refractivity contribution in [1.29, 1.82) is 0 Å². The highest BCUT2D eigenvalue weighted by Crippen LogP contribution is 2.06. The lowest BCUT2D eigenvalue weighted by Crippen LogP contribution is -2.55. The predicted octanol–water partition coefficient (Wildman–Crippen LogP) is -0.766. The van der Waals surface area contributed by atoms with Crippen molar-refractivity contribution in [3.8, 4) is 0 Å². The molecule has 2 heterocycles. The van der Waals surface area contributed by atoms with Gasteiger partial charge < -0.3 is 15.1 Å². The van der Waals surface area contributed by atoms with Crippen LogP contribution >= 0.6 is 0 Å². The van der Waals surface area contributed by atoms with Crippen molar-refractivity contribution < 1.29 is 0 Å². The molecule has 1 atom stereocenters. The van der Waals surface area contributed by atoms with Gasteiger partial charge >= 0.3 is 0 Å². The van der Waals surface area contributed by atoms with Crippen LogP contribution in [0, 0.1) is 0 Å². The number of aliphatic imine (C=N–C) groups is 1. The van der Waals surface area contributed by atoms with Crippen LogP contribution in [0.2, 0.25) is 0 Å². The maximum Gasteiger partial charge on any atom is 0.117 e. The summed E-state index contributed by atoms with van der Waals surface area (Å²) in [5, 5.41) is 3.51. The molecule has 74 valence electrons. The molecular formula is C9H18N4. The number of nitrogens with one attached hydrogen (secondary N) is 1. The van der Waals surface area contributed by atoms with Crippen molar-refractivity contribution in [3.05, 3.63) is 0 Å². The molecule has 0 bridgehead atoms. The Hall–Kier alpha value is -0.610. The summed E-state index contributed by atoms with van der Waals surface area (Å²) in [6.45, 7) is 5.36. The van der Waals surface area contributed by atoms with E-state index in [9.17, 15) is 0 Å². The van der Waals surface area contributed by atoms with E-state index >= 15 is 0 Å². The summed E-state index contributed by atoms with van der Waals surface area (Å²) in [6, 6.07) is 0.450. The van der Waals surface area contributed by atoms with Gasteiger partial charge in [-0.2, -0.15) is 0 Å². The monoisotopic (exact) mass is 182 g/mol.